The van der Waals surface area contributed by atoms with E-state index >= 15 is 0 Å². The van der Waals surface area contributed by atoms with Crippen LogP contribution in [0.1, 0.15) is 23.0 Å². The second kappa shape index (κ2) is 5.44. The van der Waals surface area contributed by atoms with Gasteiger partial charge in [0.25, 0.3) is 10.0 Å². The SMILES string of the molecule is CCc1cc(NS(=O)(=O)c2ccc(O)c(C(=O)O)c2)n[nH]1. The molecule has 112 valence electrons. The number of phenols is 1. The Balaban J connectivity index is 2.35. The van der Waals surface area contributed by atoms with Gasteiger partial charge in [0, 0.05) is 11.8 Å². The van der Waals surface area contributed by atoms with Crippen LogP contribution < -0.4 is 4.72 Å². The molecule has 2 rings (SSSR count). The Hall–Kier alpha value is -2.55. The Morgan fingerprint density at radius 1 is 1.38 bits per heavy atom. The number of carboxylic acid groups (broad SMARTS) is 1. The largest absolute Gasteiger partial charge is 0.507 e. The molecule has 0 spiro atoms. The summed E-state index contributed by atoms with van der Waals surface area (Å²) in [4.78, 5) is 10.6. The van der Waals surface area contributed by atoms with Crippen LogP contribution in [0.15, 0.2) is 29.2 Å². The molecule has 0 radical (unpaired) electrons. The number of aromatic carboxylic acids is 1. The molecular weight excluding hydrogens is 298 g/mol. The molecule has 1 heterocycles. The summed E-state index contributed by atoms with van der Waals surface area (Å²) in [7, 11) is -3.99. The third-order valence-corrected chi connectivity index (χ3v) is 4.11. The highest BCUT2D eigenvalue weighted by Gasteiger charge is 2.19. The Kier molecular flexibility index (Phi) is 3.85. The lowest BCUT2D eigenvalue weighted by Gasteiger charge is -2.07. The van der Waals surface area contributed by atoms with Gasteiger partial charge >= 0.3 is 5.97 Å². The van der Waals surface area contributed by atoms with Crippen molar-refractivity contribution in [1.29, 1.82) is 0 Å². The molecule has 0 unspecified atom stereocenters. The van der Waals surface area contributed by atoms with Crippen molar-refractivity contribution in [3.63, 3.8) is 0 Å². The maximum absolute atomic E-state index is 12.1. The van der Waals surface area contributed by atoms with E-state index in [4.69, 9.17) is 5.11 Å². The number of aromatic amines is 1. The van der Waals surface area contributed by atoms with E-state index in [1.165, 1.54) is 6.07 Å². The number of nitrogens with one attached hydrogen (secondary N) is 2. The van der Waals surface area contributed by atoms with E-state index in [0.717, 1.165) is 23.9 Å². The number of aromatic nitrogens is 2. The molecule has 0 bridgehead atoms. The minimum atomic E-state index is -3.99. The van der Waals surface area contributed by atoms with Crippen molar-refractivity contribution < 1.29 is 23.4 Å². The van der Waals surface area contributed by atoms with E-state index in [0.29, 0.717) is 6.42 Å². The van der Waals surface area contributed by atoms with Gasteiger partial charge in [0.05, 0.1) is 4.90 Å². The first-order valence-corrected chi connectivity index (χ1v) is 7.45. The topological polar surface area (TPSA) is 132 Å². The summed E-state index contributed by atoms with van der Waals surface area (Å²) >= 11 is 0. The van der Waals surface area contributed by atoms with Crippen molar-refractivity contribution in [2.75, 3.05) is 4.72 Å². The summed E-state index contributed by atoms with van der Waals surface area (Å²) in [5.41, 5.74) is 0.263. The lowest BCUT2D eigenvalue weighted by molar-refractivity contribution is 0.0693. The highest BCUT2D eigenvalue weighted by atomic mass is 32.2. The van der Waals surface area contributed by atoms with Gasteiger partial charge in [0.15, 0.2) is 5.82 Å². The van der Waals surface area contributed by atoms with Gasteiger partial charge in [-0.3, -0.25) is 9.82 Å². The third kappa shape index (κ3) is 3.14. The van der Waals surface area contributed by atoms with Gasteiger partial charge in [-0.25, -0.2) is 13.2 Å². The normalized spacial score (nSPS) is 11.3. The monoisotopic (exact) mass is 311 g/mol. The molecule has 4 N–H and O–H groups in total. The van der Waals surface area contributed by atoms with Crippen LogP contribution in [0, 0.1) is 0 Å². The second-order valence-corrected chi connectivity index (χ2v) is 5.90. The molecule has 1 aromatic carbocycles. The number of aryl methyl sites for hydroxylation is 1. The number of aromatic hydroxyl groups is 1. The van der Waals surface area contributed by atoms with Crippen LogP contribution in [0.25, 0.3) is 0 Å². The van der Waals surface area contributed by atoms with Crippen LogP contribution in [0.2, 0.25) is 0 Å². The van der Waals surface area contributed by atoms with Crippen LogP contribution in [-0.4, -0.2) is 34.8 Å². The lowest BCUT2D eigenvalue weighted by atomic mass is 10.2. The first-order valence-electron chi connectivity index (χ1n) is 5.97. The van der Waals surface area contributed by atoms with Gasteiger partial charge < -0.3 is 10.2 Å². The zero-order valence-electron chi connectivity index (χ0n) is 11.0. The van der Waals surface area contributed by atoms with Gasteiger partial charge in [-0.15, -0.1) is 0 Å². The van der Waals surface area contributed by atoms with Gasteiger partial charge in [-0.1, -0.05) is 6.92 Å². The fourth-order valence-electron chi connectivity index (χ4n) is 1.65. The van der Waals surface area contributed by atoms with E-state index in [2.05, 4.69) is 14.9 Å². The van der Waals surface area contributed by atoms with Crippen molar-refractivity contribution in [2.45, 2.75) is 18.2 Å². The lowest BCUT2D eigenvalue weighted by Crippen LogP contribution is -2.14. The van der Waals surface area contributed by atoms with Gasteiger partial charge in [-0.2, -0.15) is 5.10 Å². The Labute approximate surface area is 120 Å². The fourth-order valence-corrected chi connectivity index (χ4v) is 2.66. The molecule has 2 aromatic rings. The molecule has 0 aliphatic rings. The number of H-pyrrole nitrogens is 1. The van der Waals surface area contributed by atoms with Crippen LogP contribution >= 0.6 is 0 Å². The predicted molar refractivity (Wildman–Crippen MR) is 73.8 cm³/mol. The van der Waals surface area contributed by atoms with E-state index in [1.807, 2.05) is 6.92 Å². The number of hydrogen-bond donors (Lipinski definition) is 4. The molecule has 9 heteroatoms. The first kappa shape index (κ1) is 14.9. The average Bonchev–Trinajstić information content (AvgIpc) is 2.85. The van der Waals surface area contributed by atoms with Crippen LogP contribution in [-0.2, 0) is 16.4 Å². The minimum Gasteiger partial charge on any atom is -0.507 e. The summed E-state index contributed by atoms with van der Waals surface area (Å²) in [6.45, 7) is 1.88. The molecule has 0 saturated carbocycles. The standard InChI is InChI=1S/C12H13N3O5S/c1-2-7-5-11(14-13-7)15-21(19,20)8-3-4-10(16)9(6-8)12(17)18/h3-6,16H,2H2,1H3,(H,17,18)(H2,13,14,15). The number of sulfonamides is 1. The Morgan fingerprint density at radius 2 is 2.10 bits per heavy atom. The van der Waals surface area contributed by atoms with Crippen LogP contribution in [0.4, 0.5) is 5.82 Å². The van der Waals surface area contributed by atoms with Crippen molar-refractivity contribution >= 4 is 21.8 Å². The van der Waals surface area contributed by atoms with Crippen LogP contribution in [0.3, 0.4) is 0 Å². The van der Waals surface area contributed by atoms with E-state index in [9.17, 15) is 18.3 Å². The van der Waals surface area contributed by atoms with Crippen molar-refractivity contribution in [3.8, 4) is 5.75 Å². The molecule has 0 saturated heterocycles. The fraction of sp³-hybridized carbons (Fsp3) is 0.167. The quantitative estimate of drug-likeness (QED) is 0.655. The number of carboxylic acids is 1. The summed E-state index contributed by atoms with van der Waals surface area (Å²) in [5.74, 6) is -1.82. The van der Waals surface area contributed by atoms with Crippen molar-refractivity contribution in [2.24, 2.45) is 0 Å². The number of hydrogen-bond acceptors (Lipinski definition) is 5. The number of rotatable bonds is 5. The number of benzene rings is 1. The van der Waals surface area contributed by atoms with E-state index in [1.54, 1.807) is 0 Å². The average molecular weight is 311 g/mol. The summed E-state index contributed by atoms with van der Waals surface area (Å²) < 4.78 is 26.5. The second-order valence-electron chi connectivity index (χ2n) is 4.22. The maximum atomic E-state index is 12.1. The predicted octanol–water partition coefficient (Wildman–Crippen LogP) is 1.18. The molecule has 0 atom stereocenters. The van der Waals surface area contributed by atoms with Gasteiger partial charge in [-0.05, 0) is 24.6 Å². The minimum absolute atomic E-state index is 0.108. The third-order valence-electron chi connectivity index (χ3n) is 2.76. The summed E-state index contributed by atoms with van der Waals surface area (Å²) in [6.07, 6.45) is 0.664. The zero-order chi connectivity index (χ0) is 15.6. The van der Waals surface area contributed by atoms with Crippen molar-refractivity contribution in [1.82, 2.24) is 10.2 Å². The molecule has 0 aliphatic carbocycles. The molecule has 21 heavy (non-hydrogen) atoms. The zero-order valence-corrected chi connectivity index (χ0v) is 11.8. The summed E-state index contributed by atoms with van der Waals surface area (Å²) in [5, 5.41) is 24.7. The molecule has 0 aliphatic heterocycles. The van der Waals surface area contributed by atoms with Gasteiger partial charge in [0.1, 0.15) is 11.3 Å². The number of nitrogens with zero attached hydrogens (tertiary/aromatic N) is 1. The number of carbonyl (C=O) groups is 1. The van der Waals surface area contributed by atoms with Crippen molar-refractivity contribution in [3.05, 3.63) is 35.5 Å². The van der Waals surface area contributed by atoms with Crippen LogP contribution in [0.5, 0.6) is 5.75 Å². The Bertz CT molecular complexity index is 782. The highest BCUT2D eigenvalue weighted by Crippen LogP contribution is 2.22. The molecule has 0 fully saturated rings. The van der Waals surface area contributed by atoms with Gasteiger partial charge in [0.2, 0.25) is 0 Å². The van der Waals surface area contributed by atoms with E-state index < -0.39 is 27.3 Å². The number of anilines is 1. The Morgan fingerprint density at radius 3 is 2.67 bits per heavy atom. The van der Waals surface area contributed by atoms with E-state index in [-0.39, 0.29) is 10.7 Å². The highest BCUT2D eigenvalue weighted by molar-refractivity contribution is 7.92. The first-order chi connectivity index (χ1) is 9.83. The molecule has 8 nitrogen and oxygen atoms in total. The smallest absolute Gasteiger partial charge is 0.339 e. The summed E-state index contributed by atoms with van der Waals surface area (Å²) in [6, 6.07) is 4.54. The molecule has 0 amide bonds. The maximum Gasteiger partial charge on any atom is 0.339 e. The molecular formula is C12H13N3O5S. The molecule has 1 aromatic heterocycles.